The van der Waals surface area contributed by atoms with Crippen molar-refractivity contribution in [1.82, 2.24) is 20.2 Å². The summed E-state index contributed by atoms with van der Waals surface area (Å²) in [6.45, 7) is 1.92. The molecule has 0 spiro atoms. The predicted molar refractivity (Wildman–Crippen MR) is 92.1 cm³/mol. The highest BCUT2D eigenvalue weighted by atomic mass is 16.1. The third-order valence-corrected chi connectivity index (χ3v) is 4.23. The van der Waals surface area contributed by atoms with Gasteiger partial charge in [-0.2, -0.15) is 4.98 Å². The molecule has 0 bridgehead atoms. The Balaban J connectivity index is 1.54. The van der Waals surface area contributed by atoms with Gasteiger partial charge in [-0.3, -0.25) is 15.1 Å². The molecule has 1 amide bonds. The molecule has 3 heterocycles. The number of nitrogens with zero attached hydrogens (tertiary/aromatic N) is 4. The molecule has 24 heavy (non-hydrogen) atoms. The second-order valence-corrected chi connectivity index (χ2v) is 5.86. The highest BCUT2D eigenvalue weighted by Crippen LogP contribution is 2.19. The number of fused-ring (bicyclic) bond motifs is 1. The van der Waals surface area contributed by atoms with Gasteiger partial charge in [0.15, 0.2) is 0 Å². The number of piperidine rings is 1. The lowest BCUT2D eigenvalue weighted by Gasteiger charge is -2.24. The number of benzene rings is 1. The SMILES string of the molecule is O=C(Nc1nc(N2CCCCC2)n[nH]1)c1cccc2ncccc12. The number of rotatable bonds is 3. The van der Waals surface area contributed by atoms with Crippen molar-refractivity contribution in [3.63, 3.8) is 0 Å². The van der Waals surface area contributed by atoms with Gasteiger partial charge in [-0.05, 0) is 37.5 Å². The summed E-state index contributed by atoms with van der Waals surface area (Å²) in [5, 5.41) is 10.6. The second kappa shape index (κ2) is 6.27. The van der Waals surface area contributed by atoms with Gasteiger partial charge < -0.3 is 4.90 Å². The van der Waals surface area contributed by atoms with Crippen LogP contribution in [-0.4, -0.2) is 39.2 Å². The molecular weight excluding hydrogens is 304 g/mol. The van der Waals surface area contributed by atoms with Gasteiger partial charge in [0, 0.05) is 30.2 Å². The molecule has 0 saturated carbocycles. The predicted octanol–water partition coefficient (Wildman–Crippen LogP) is 2.60. The molecule has 1 aromatic carbocycles. The number of hydrogen-bond acceptors (Lipinski definition) is 5. The molecule has 2 aromatic heterocycles. The zero-order valence-electron chi connectivity index (χ0n) is 13.2. The number of pyridine rings is 1. The number of carbonyl (C=O) groups excluding carboxylic acids is 1. The highest BCUT2D eigenvalue weighted by Gasteiger charge is 2.17. The lowest BCUT2D eigenvalue weighted by atomic mass is 10.1. The quantitative estimate of drug-likeness (QED) is 0.774. The van der Waals surface area contributed by atoms with Gasteiger partial charge in [-0.1, -0.05) is 12.1 Å². The Labute approximate surface area is 139 Å². The van der Waals surface area contributed by atoms with Crippen LogP contribution < -0.4 is 10.2 Å². The second-order valence-electron chi connectivity index (χ2n) is 5.86. The Morgan fingerprint density at radius 2 is 2.00 bits per heavy atom. The molecule has 0 aliphatic carbocycles. The molecule has 1 saturated heterocycles. The average Bonchev–Trinajstić information content (AvgIpc) is 3.10. The van der Waals surface area contributed by atoms with Crippen molar-refractivity contribution < 1.29 is 4.79 Å². The van der Waals surface area contributed by atoms with Crippen LogP contribution in [0.15, 0.2) is 36.5 Å². The molecule has 122 valence electrons. The van der Waals surface area contributed by atoms with E-state index in [1.807, 2.05) is 24.3 Å². The van der Waals surface area contributed by atoms with Crippen LogP contribution in [0.25, 0.3) is 10.9 Å². The molecular formula is C17H18N6O. The number of nitrogens with one attached hydrogen (secondary N) is 2. The summed E-state index contributed by atoms with van der Waals surface area (Å²) in [7, 11) is 0. The average molecular weight is 322 g/mol. The molecule has 7 nitrogen and oxygen atoms in total. The van der Waals surface area contributed by atoms with Gasteiger partial charge in [0.2, 0.25) is 11.9 Å². The fourth-order valence-electron chi connectivity index (χ4n) is 3.02. The number of amides is 1. The van der Waals surface area contributed by atoms with Crippen LogP contribution in [0.4, 0.5) is 11.9 Å². The maximum atomic E-state index is 12.6. The van der Waals surface area contributed by atoms with Crippen LogP contribution >= 0.6 is 0 Å². The zero-order valence-corrected chi connectivity index (χ0v) is 13.2. The first kappa shape index (κ1) is 14.6. The Morgan fingerprint density at radius 3 is 2.88 bits per heavy atom. The standard InChI is InChI=1S/C17H18N6O/c24-15(13-6-4-8-14-12(13)7-5-9-18-14)19-16-20-17(22-21-16)23-10-2-1-3-11-23/h4-9H,1-3,10-11H2,(H2,19,20,21,22,24). The topological polar surface area (TPSA) is 86.8 Å². The molecule has 1 fully saturated rings. The number of carbonyl (C=O) groups is 1. The number of H-pyrrole nitrogens is 1. The van der Waals surface area contributed by atoms with E-state index < -0.39 is 0 Å². The van der Waals surface area contributed by atoms with Crippen LogP contribution in [0, 0.1) is 0 Å². The molecule has 2 N–H and O–H groups in total. The van der Waals surface area contributed by atoms with Gasteiger partial charge in [0.1, 0.15) is 0 Å². The maximum absolute atomic E-state index is 12.6. The number of anilines is 2. The summed E-state index contributed by atoms with van der Waals surface area (Å²) >= 11 is 0. The number of aromatic amines is 1. The maximum Gasteiger partial charge on any atom is 0.258 e. The fourth-order valence-corrected chi connectivity index (χ4v) is 3.02. The van der Waals surface area contributed by atoms with E-state index in [1.165, 1.54) is 6.42 Å². The summed E-state index contributed by atoms with van der Waals surface area (Å²) in [5.41, 5.74) is 1.35. The van der Waals surface area contributed by atoms with Crippen molar-refractivity contribution >= 4 is 28.7 Å². The Hall–Kier alpha value is -2.96. The Kier molecular flexibility index (Phi) is 3.82. The third-order valence-electron chi connectivity index (χ3n) is 4.23. The highest BCUT2D eigenvalue weighted by molar-refractivity contribution is 6.11. The first-order valence-electron chi connectivity index (χ1n) is 8.14. The van der Waals surface area contributed by atoms with Crippen molar-refractivity contribution in [3.05, 3.63) is 42.1 Å². The third kappa shape index (κ3) is 2.80. The molecule has 4 rings (SSSR count). The van der Waals surface area contributed by atoms with E-state index in [1.54, 1.807) is 12.3 Å². The van der Waals surface area contributed by atoms with Gasteiger partial charge in [-0.25, -0.2) is 5.10 Å². The summed E-state index contributed by atoms with van der Waals surface area (Å²) in [6, 6.07) is 9.19. The van der Waals surface area contributed by atoms with Crippen molar-refractivity contribution in [2.75, 3.05) is 23.3 Å². The van der Waals surface area contributed by atoms with E-state index in [0.717, 1.165) is 36.8 Å². The lowest BCUT2D eigenvalue weighted by Crippen LogP contribution is -2.30. The minimum atomic E-state index is -0.227. The first-order valence-corrected chi connectivity index (χ1v) is 8.14. The summed E-state index contributed by atoms with van der Waals surface area (Å²) in [5.74, 6) is 0.779. The zero-order chi connectivity index (χ0) is 16.4. The van der Waals surface area contributed by atoms with Crippen molar-refractivity contribution in [1.29, 1.82) is 0 Å². The van der Waals surface area contributed by atoms with E-state index in [2.05, 4.69) is 30.4 Å². The van der Waals surface area contributed by atoms with Crippen LogP contribution in [0.5, 0.6) is 0 Å². The smallest absolute Gasteiger partial charge is 0.258 e. The van der Waals surface area contributed by atoms with E-state index in [0.29, 0.717) is 17.5 Å². The molecule has 0 unspecified atom stereocenters. The van der Waals surface area contributed by atoms with Gasteiger partial charge in [-0.15, -0.1) is 5.10 Å². The van der Waals surface area contributed by atoms with Crippen LogP contribution in [0.2, 0.25) is 0 Å². The normalized spacial score (nSPS) is 14.8. The minimum absolute atomic E-state index is 0.227. The van der Waals surface area contributed by atoms with Gasteiger partial charge in [0.05, 0.1) is 5.52 Å². The minimum Gasteiger partial charge on any atom is -0.340 e. The van der Waals surface area contributed by atoms with Crippen LogP contribution in [-0.2, 0) is 0 Å². The van der Waals surface area contributed by atoms with E-state index in [9.17, 15) is 4.79 Å². The molecule has 1 aliphatic rings. The Bertz CT molecular complexity index is 863. The Morgan fingerprint density at radius 1 is 1.12 bits per heavy atom. The van der Waals surface area contributed by atoms with Crippen molar-refractivity contribution in [2.24, 2.45) is 0 Å². The molecule has 0 radical (unpaired) electrons. The van der Waals surface area contributed by atoms with E-state index >= 15 is 0 Å². The fraction of sp³-hybridized carbons (Fsp3) is 0.294. The largest absolute Gasteiger partial charge is 0.340 e. The van der Waals surface area contributed by atoms with Gasteiger partial charge in [0.25, 0.3) is 5.91 Å². The van der Waals surface area contributed by atoms with Crippen molar-refractivity contribution in [2.45, 2.75) is 19.3 Å². The monoisotopic (exact) mass is 322 g/mol. The van der Waals surface area contributed by atoms with Crippen molar-refractivity contribution in [3.8, 4) is 0 Å². The summed E-state index contributed by atoms with van der Waals surface area (Å²) < 4.78 is 0. The molecule has 1 aliphatic heterocycles. The van der Waals surface area contributed by atoms with Gasteiger partial charge >= 0.3 is 0 Å². The summed E-state index contributed by atoms with van der Waals surface area (Å²) in [6.07, 6.45) is 5.27. The number of hydrogen-bond donors (Lipinski definition) is 2. The van der Waals surface area contributed by atoms with Crippen LogP contribution in [0.3, 0.4) is 0 Å². The van der Waals surface area contributed by atoms with Crippen LogP contribution in [0.1, 0.15) is 29.6 Å². The van der Waals surface area contributed by atoms with E-state index in [4.69, 9.17) is 0 Å². The number of aromatic nitrogens is 4. The summed E-state index contributed by atoms with van der Waals surface area (Å²) in [4.78, 5) is 23.4. The van der Waals surface area contributed by atoms with E-state index in [-0.39, 0.29) is 5.91 Å². The molecule has 7 heteroatoms. The lowest BCUT2D eigenvalue weighted by molar-refractivity contribution is 0.102. The molecule has 0 atom stereocenters. The molecule has 3 aromatic rings. The first-order chi connectivity index (χ1) is 11.8.